The molecule has 0 saturated heterocycles. The fraction of sp³-hybridized carbons (Fsp3) is 0.353. The van der Waals surface area contributed by atoms with E-state index in [1.165, 1.54) is 12.4 Å². The lowest BCUT2D eigenvalue weighted by molar-refractivity contribution is 0.0953. The first kappa shape index (κ1) is 18.5. The predicted octanol–water partition coefficient (Wildman–Crippen LogP) is 3.97. The largest absolute Gasteiger partial charge is 0.352 e. The summed E-state index contributed by atoms with van der Waals surface area (Å²) in [6.45, 7) is 6.50. The zero-order valence-electron chi connectivity index (χ0n) is 13.9. The van der Waals surface area contributed by atoms with Crippen LogP contribution in [0, 0.1) is 0 Å². The van der Waals surface area contributed by atoms with E-state index in [1.807, 2.05) is 26.8 Å². The van der Waals surface area contributed by atoms with E-state index < -0.39 is 0 Å². The van der Waals surface area contributed by atoms with Crippen molar-refractivity contribution in [2.24, 2.45) is 0 Å². The van der Waals surface area contributed by atoms with Gasteiger partial charge in [-0.05, 0) is 44.9 Å². The number of benzene rings is 1. The minimum Gasteiger partial charge on any atom is -0.352 e. The average molecular weight is 367 g/mol. The summed E-state index contributed by atoms with van der Waals surface area (Å²) in [5.74, 6) is 0.273. The number of aromatic nitrogens is 2. The second kappa shape index (κ2) is 7.81. The fourth-order valence-electron chi connectivity index (χ4n) is 1.98. The van der Waals surface area contributed by atoms with Gasteiger partial charge in [-0.15, -0.1) is 0 Å². The maximum atomic E-state index is 12.1. The molecule has 2 N–H and O–H groups in total. The number of nitrogens with zero attached hydrogens (tertiary/aromatic N) is 2. The Kier molecular flexibility index (Phi) is 6.02. The Bertz CT molecular complexity index is 712. The number of hydrogen-bond acceptors (Lipinski definition) is 4. The molecule has 0 radical (unpaired) electrons. The standard InChI is InChI=1S/C17H20Cl2N4O/c1-17(2,3)23-16-21-9-12(10-22-16)15(24)20-7-6-11-4-5-13(18)8-14(11)19/h4-5,8-10H,6-7H2,1-3H3,(H,20,24)(H,21,22,23). The molecule has 0 aliphatic carbocycles. The highest BCUT2D eigenvalue weighted by molar-refractivity contribution is 6.35. The molecule has 0 saturated carbocycles. The van der Waals surface area contributed by atoms with Crippen molar-refractivity contribution in [3.8, 4) is 0 Å². The van der Waals surface area contributed by atoms with Gasteiger partial charge in [0.05, 0.1) is 5.56 Å². The van der Waals surface area contributed by atoms with Crippen molar-refractivity contribution in [1.29, 1.82) is 0 Å². The topological polar surface area (TPSA) is 66.9 Å². The summed E-state index contributed by atoms with van der Waals surface area (Å²) >= 11 is 12.0. The molecule has 0 spiro atoms. The van der Waals surface area contributed by atoms with Crippen LogP contribution in [0.15, 0.2) is 30.6 Å². The zero-order chi connectivity index (χ0) is 17.7. The fourth-order valence-corrected chi connectivity index (χ4v) is 2.49. The highest BCUT2D eigenvalue weighted by atomic mass is 35.5. The van der Waals surface area contributed by atoms with Crippen molar-refractivity contribution >= 4 is 35.1 Å². The maximum Gasteiger partial charge on any atom is 0.254 e. The molecule has 1 aromatic heterocycles. The molecule has 0 aliphatic heterocycles. The molecule has 0 fully saturated rings. The normalized spacial score (nSPS) is 11.2. The Morgan fingerprint density at radius 3 is 2.42 bits per heavy atom. The van der Waals surface area contributed by atoms with Gasteiger partial charge in [-0.3, -0.25) is 4.79 Å². The molecule has 5 nitrogen and oxygen atoms in total. The number of carbonyl (C=O) groups is 1. The van der Waals surface area contributed by atoms with E-state index >= 15 is 0 Å². The summed E-state index contributed by atoms with van der Waals surface area (Å²) < 4.78 is 0. The first-order valence-electron chi connectivity index (χ1n) is 7.57. The summed E-state index contributed by atoms with van der Waals surface area (Å²) in [6, 6.07) is 5.32. The van der Waals surface area contributed by atoms with Crippen LogP contribution < -0.4 is 10.6 Å². The van der Waals surface area contributed by atoms with Gasteiger partial charge in [0.1, 0.15) is 0 Å². The maximum absolute atomic E-state index is 12.1. The molecule has 1 heterocycles. The number of rotatable bonds is 5. The lowest BCUT2D eigenvalue weighted by Gasteiger charge is -2.20. The molecule has 128 valence electrons. The summed E-state index contributed by atoms with van der Waals surface area (Å²) in [6.07, 6.45) is 3.63. The molecule has 24 heavy (non-hydrogen) atoms. The van der Waals surface area contributed by atoms with Crippen molar-refractivity contribution in [3.05, 3.63) is 51.8 Å². The number of anilines is 1. The lowest BCUT2D eigenvalue weighted by atomic mass is 10.1. The van der Waals surface area contributed by atoms with E-state index in [0.717, 1.165) is 5.56 Å². The van der Waals surface area contributed by atoms with Crippen LogP contribution in [0.25, 0.3) is 0 Å². The number of nitrogens with one attached hydrogen (secondary N) is 2. The number of carbonyl (C=O) groups excluding carboxylic acids is 1. The number of hydrogen-bond donors (Lipinski definition) is 2. The molecule has 2 aromatic rings. The van der Waals surface area contributed by atoms with E-state index in [9.17, 15) is 4.79 Å². The molecular formula is C17H20Cl2N4O. The minimum absolute atomic E-state index is 0.137. The molecule has 0 bridgehead atoms. The summed E-state index contributed by atoms with van der Waals surface area (Å²) in [4.78, 5) is 20.4. The van der Waals surface area contributed by atoms with Gasteiger partial charge in [0.15, 0.2) is 0 Å². The van der Waals surface area contributed by atoms with Crippen LogP contribution in [0.5, 0.6) is 0 Å². The molecular weight excluding hydrogens is 347 g/mol. The van der Waals surface area contributed by atoms with E-state index in [0.29, 0.717) is 34.5 Å². The predicted molar refractivity (Wildman–Crippen MR) is 97.9 cm³/mol. The quantitative estimate of drug-likeness (QED) is 0.839. The highest BCUT2D eigenvalue weighted by Gasteiger charge is 2.12. The molecule has 0 aliphatic rings. The van der Waals surface area contributed by atoms with Crippen molar-refractivity contribution in [2.75, 3.05) is 11.9 Å². The SMILES string of the molecule is CC(C)(C)Nc1ncc(C(=O)NCCc2ccc(Cl)cc2Cl)cn1. The van der Waals surface area contributed by atoms with Gasteiger partial charge in [-0.2, -0.15) is 0 Å². The third-order valence-corrected chi connectivity index (χ3v) is 3.68. The molecule has 0 unspecified atom stereocenters. The van der Waals surface area contributed by atoms with Crippen molar-refractivity contribution in [3.63, 3.8) is 0 Å². The second-order valence-electron chi connectivity index (χ2n) is 6.41. The first-order chi connectivity index (χ1) is 11.2. The van der Waals surface area contributed by atoms with Crippen LogP contribution in [0.1, 0.15) is 36.7 Å². The smallest absolute Gasteiger partial charge is 0.254 e. The van der Waals surface area contributed by atoms with Gasteiger partial charge in [-0.25, -0.2) is 9.97 Å². The third kappa shape index (κ3) is 5.65. The van der Waals surface area contributed by atoms with Crippen molar-refractivity contribution < 1.29 is 4.79 Å². The zero-order valence-corrected chi connectivity index (χ0v) is 15.4. The van der Waals surface area contributed by atoms with Gasteiger partial charge in [0.25, 0.3) is 5.91 Å². The monoisotopic (exact) mass is 366 g/mol. The Morgan fingerprint density at radius 1 is 1.17 bits per heavy atom. The number of amides is 1. The van der Waals surface area contributed by atoms with E-state index in [1.54, 1.807) is 12.1 Å². The van der Waals surface area contributed by atoms with Gasteiger partial charge in [-0.1, -0.05) is 29.3 Å². The van der Waals surface area contributed by atoms with Crippen LogP contribution in [0.4, 0.5) is 5.95 Å². The van der Waals surface area contributed by atoms with E-state index in [-0.39, 0.29) is 11.4 Å². The van der Waals surface area contributed by atoms with Crippen LogP contribution >= 0.6 is 23.2 Å². The number of halogens is 2. The Balaban J connectivity index is 1.88. The van der Waals surface area contributed by atoms with Gasteiger partial charge in [0, 0.05) is 34.5 Å². The molecule has 0 atom stereocenters. The van der Waals surface area contributed by atoms with Crippen molar-refractivity contribution in [1.82, 2.24) is 15.3 Å². The van der Waals surface area contributed by atoms with E-state index in [4.69, 9.17) is 23.2 Å². The van der Waals surface area contributed by atoms with Crippen LogP contribution in [-0.4, -0.2) is 28.0 Å². The Labute approximate surface area is 151 Å². The van der Waals surface area contributed by atoms with Crippen LogP contribution in [-0.2, 0) is 6.42 Å². The van der Waals surface area contributed by atoms with Crippen LogP contribution in [0.3, 0.4) is 0 Å². The summed E-state index contributed by atoms with van der Waals surface area (Å²) in [5, 5.41) is 7.16. The molecule has 1 aromatic carbocycles. The summed E-state index contributed by atoms with van der Waals surface area (Å²) in [7, 11) is 0. The summed E-state index contributed by atoms with van der Waals surface area (Å²) in [5.41, 5.74) is 1.21. The lowest BCUT2D eigenvalue weighted by Crippen LogP contribution is -2.28. The van der Waals surface area contributed by atoms with Gasteiger partial charge >= 0.3 is 0 Å². The molecule has 1 amide bonds. The van der Waals surface area contributed by atoms with Gasteiger partial charge in [0.2, 0.25) is 5.95 Å². The van der Waals surface area contributed by atoms with E-state index in [2.05, 4.69) is 20.6 Å². The third-order valence-electron chi connectivity index (χ3n) is 3.10. The molecule has 7 heteroatoms. The van der Waals surface area contributed by atoms with Crippen LogP contribution in [0.2, 0.25) is 10.0 Å². The Morgan fingerprint density at radius 2 is 1.83 bits per heavy atom. The minimum atomic E-state index is -0.220. The molecule has 2 rings (SSSR count). The highest BCUT2D eigenvalue weighted by Crippen LogP contribution is 2.21. The van der Waals surface area contributed by atoms with Crippen molar-refractivity contribution in [2.45, 2.75) is 32.7 Å². The van der Waals surface area contributed by atoms with Gasteiger partial charge < -0.3 is 10.6 Å². The Hall–Kier alpha value is -1.85. The average Bonchev–Trinajstić information content (AvgIpc) is 2.48. The first-order valence-corrected chi connectivity index (χ1v) is 8.32. The second-order valence-corrected chi connectivity index (χ2v) is 7.26.